The Morgan fingerprint density at radius 3 is 2.65 bits per heavy atom. The average molecular weight is 238 g/mol. The predicted octanol–water partition coefficient (Wildman–Crippen LogP) is 1.00. The SMILES string of the molecule is Nc1ccc(C(=O)N2CCC(O)CC2)c(F)c1. The number of anilines is 1. The number of benzene rings is 1. The summed E-state index contributed by atoms with van der Waals surface area (Å²) >= 11 is 0. The van der Waals surface area contributed by atoms with Crippen LogP contribution in [-0.4, -0.2) is 35.1 Å². The molecule has 0 bridgehead atoms. The minimum Gasteiger partial charge on any atom is -0.399 e. The Hall–Kier alpha value is -1.62. The second-order valence-corrected chi connectivity index (χ2v) is 4.26. The number of halogens is 1. The number of hydrogen-bond donors (Lipinski definition) is 2. The first-order chi connectivity index (χ1) is 8.08. The first-order valence-electron chi connectivity index (χ1n) is 5.60. The Kier molecular flexibility index (Phi) is 3.28. The predicted molar refractivity (Wildman–Crippen MR) is 62.0 cm³/mol. The lowest BCUT2D eigenvalue weighted by atomic mass is 10.1. The number of carbonyl (C=O) groups is 1. The molecule has 1 aromatic carbocycles. The fourth-order valence-electron chi connectivity index (χ4n) is 1.94. The van der Waals surface area contributed by atoms with Crippen molar-refractivity contribution in [2.24, 2.45) is 0 Å². The standard InChI is InChI=1S/C12H15FN2O2/c13-11-7-8(14)1-2-10(11)12(17)15-5-3-9(16)4-6-15/h1-2,7,9,16H,3-6,14H2. The number of aliphatic hydroxyl groups excluding tert-OH is 1. The number of likely N-dealkylation sites (tertiary alicyclic amines) is 1. The number of aliphatic hydroxyl groups is 1. The van der Waals surface area contributed by atoms with Gasteiger partial charge in [0.1, 0.15) is 5.82 Å². The van der Waals surface area contributed by atoms with Gasteiger partial charge in [-0.1, -0.05) is 0 Å². The van der Waals surface area contributed by atoms with E-state index in [1.165, 1.54) is 12.1 Å². The van der Waals surface area contributed by atoms with Crippen molar-refractivity contribution in [2.75, 3.05) is 18.8 Å². The fourth-order valence-corrected chi connectivity index (χ4v) is 1.94. The van der Waals surface area contributed by atoms with Gasteiger partial charge in [-0.3, -0.25) is 4.79 Å². The number of carbonyl (C=O) groups excluding carboxylic acids is 1. The average Bonchev–Trinajstić information content (AvgIpc) is 2.29. The van der Waals surface area contributed by atoms with Crippen molar-refractivity contribution in [1.82, 2.24) is 4.90 Å². The number of hydrogen-bond acceptors (Lipinski definition) is 3. The van der Waals surface area contributed by atoms with E-state index in [1.54, 1.807) is 4.90 Å². The summed E-state index contributed by atoms with van der Waals surface area (Å²) in [6.07, 6.45) is 0.736. The van der Waals surface area contributed by atoms with Crippen molar-refractivity contribution in [3.63, 3.8) is 0 Å². The van der Waals surface area contributed by atoms with E-state index in [-0.39, 0.29) is 17.6 Å². The van der Waals surface area contributed by atoms with Gasteiger partial charge in [0, 0.05) is 18.8 Å². The van der Waals surface area contributed by atoms with E-state index in [1.807, 2.05) is 0 Å². The summed E-state index contributed by atoms with van der Waals surface area (Å²) in [5, 5.41) is 9.34. The van der Waals surface area contributed by atoms with E-state index in [4.69, 9.17) is 5.73 Å². The monoisotopic (exact) mass is 238 g/mol. The zero-order valence-electron chi connectivity index (χ0n) is 9.40. The van der Waals surface area contributed by atoms with E-state index in [9.17, 15) is 14.3 Å². The third-order valence-electron chi connectivity index (χ3n) is 2.98. The molecule has 1 fully saturated rings. The molecule has 0 unspecified atom stereocenters. The van der Waals surface area contributed by atoms with Gasteiger partial charge in [-0.25, -0.2) is 4.39 Å². The van der Waals surface area contributed by atoms with E-state index in [0.717, 1.165) is 6.07 Å². The highest BCUT2D eigenvalue weighted by atomic mass is 19.1. The Morgan fingerprint density at radius 1 is 1.41 bits per heavy atom. The van der Waals surface area contributed by atoms with E-state index >= 15 is 0 Å². The van der Waals surface area contributed by atoms with Crippen LogP contribution in [-0.2, 0) is 0 Å². The first-order valence-corrected chi connectivity index (χ1v) is 5.60. The van der Waals surface area contributed by atoms with Gasteiger partial charge in [-0.2, -0.15) is 0 Å². The minimum absolute atomic E-state index is 0.0376. The highest BCUT2D eigenvalue weighted by molar-refractivity contribution is 5.94. The summed E-state index contributed by atoms with van der Waals surface area (Å²) in [4.78, 5) is 13.6. The van der Waals surface area contributed by atoms with Crippen molar-refractivity contribution >= 4 is 11.6 Å². The highest BCUT2D eigenvalue weighted by Crippen LogP contribution is 2.17. The molecule has 1 heterocycles. The first kappa shape index (κ1) is 11.9. The van der Waals surface area contributed by atoms with Crippen LogP contribution in [0.15, 0.2) is 18.2 Å². The molecule has 0 aromatic heterocycles. The molecule has 0 radical (unpaired) electrons. The van der Waals surface area contributed by atoms with Gasteiger partial charge in [-0.15, -0.1) is 0 Å². The third-order valence-corrected chi connectivity index (χ3v) is 2.98. The van der Waals surface area contributed by atoms with Crippen LogP contribution < -0.4 is 5.73 Å². The summed E-state index contributed by atoms with van der Waals surface area (Å²) in [6, 6.07) is 4.05. The summed E-state index contributed by atoms with van der Waals surface area (Å²) in [5.41, 5.74) is 5.76. The molecule has 92 valence electrons. The second kappa shape index (κ2) is 4.71. The summed E-state index contributed by atoms with van der Waals surface area (Å²) < 4.78 is 13.6. The number of nitrogen functional groups attached to an aromatic ring is 1. The largest absolute Gasteiger partial charge is 0.399 e. The molecule has 0 atom stereocenters. The van der Waals surface area contributed by atoms with Crippen molar-refractivity contribution in [2.45, 2.75) is 18.9 Å². The molecule has 1 aliphatic heterocycles. The number of amides is 1. The van der Waals surface area contributed by atoms with Crippen LogP contribution in [0, 0.1) is 5.82 Å². The quantitative estimate of drug-likeness (QED) is 0.717. The van der Waals surface area contributed by atoms with Crippen LogP contribution in [0.3, 0.4) is 0 Å². The van der Waals surface area contributed by atoms with Gasteiger partial charge < -0.3 is 15.7 Å². The van der Waals surface area contributed by atoms with Crippen LogP contribution in [0.2, 0.25) is 0 Å². The van der Waals surface area contributed by atoms with Gasteiger partial charge in [0.15, 0.2) is 0 Å². The van der Waals surface area contributed by atoms with Crippen molar-refractivity contribution < 1.29 is 14.3 Å². The maximum absolute atomic E-state index is 13.6. The maximum Gasteiger partial charge on any atom is 0.256 e. The van der Waals surface area contributed by atoms with Gasteiger partial charge in [-0.05, 0) is 31.0 Å². The summed E-state index contributed by atoms with van der Waals surface area (Å²) in [6.45, 7) is 0.924. The van der Waals surface area contributed by atoms with Crippen LogP contribution in [0.25, 0.3) is 0 Å². The third kappa shape index (κ3) is 2.55. The number of nitrogens with zero attached hydrogens (tertiary/aromatic N) is 1. The van der Waals surface area contributed by atoms with Gasteiger partial charge in [0.2, 0.25) is 0 Å². The molecule has 2 rings (SSSR count). The van der Waals surface area contributed by atoms with Crippen molar-refractivity contribution in [1.29, 1.82) is 0 Å². The Balaban J connectivity index is 2.14. The van der Waals surface area contributed by atoms with Crippen molar-refractivity contribution in [3.05, 3.63) is 29.6 Å². The Labute approximate surface area is 98.8 Å². The molecule has 0 saturated carbocycles. The van der Waals surface area contributed by atoms with Crippen LogP contribution in [0.4, 0.5) is 10.1 Å². The zero-order valence-corrected chi connectivity index (χ0v) is 9.40. The molecule has 1 aliphatic rings. The molecule has 1 saturated heterocycles. The summed E-state index contributed by atoms with van der Waals surface area (Å²) in [5.74, 6) is -0.935. The molecule has 4 nitrogen and oxygen atoms in total. The molecule has 1 aromatic rings. The minimum atomic E-state index is -0.596. The molecular formula is C12H15FN2O2. The van der Waals surface area contributed by atoms with Gasteiger partial charge >= 0.3 is 0 Å². The molecule has 0 aliphatic carbocycles. The Morgan fingerprint density at radius 2 is 2.06 bits per heavy atom. The maximum atomic E-state index is 13.6. The van der Waals surface area contributed by atoms with E-state index < -0.39 is 5.82 Å². The number of nitrogens with two attached hydrogens (primary N) is 1. The lowest BCUT2D eigenvalue weighted by molar-refractivity contribution is 0.0543. The normalized spacial score (nSPS) is 17.2. The van der Waals surface area contributed by atoms with Crippen LogP contribution >= 0.6 is 0 Å². The van der Waals surface area contributed by atoms with Crippen LogP contribution in [0.1, 0.15) is 23.2 Å². The second-order valence-electron chi connectivity index (χ2n) is 4.26. The number of rotatable bonds is 1. The molecule has 17 heavy (non-hydrogen) atoms. The lowest BCUT2D eigenvalue weighted by Gasteiger charge is -2.29. The van der Waals surface area contributed by atoms with Gasteiger partial charge in [0.25, 0.3) is 5.91 Å². The zero-order chi connectivity index (χ0) is 12.4. The number of piperidine rings is 1. The molecule has 1 amide bonds. The van der Waals surface area contributed by atoms with E-state index in [2.05, 4.69) is 0 Å². The van der Waals surface area contributed by atoms with Crippen molar-refractivity contribution in [3.8, 4) is 0 Å². The molecule has 5 heteroatoms. The smallest absolute Gasteiger partial charge is 0.256 e. The van der Waals surface area contributed by atoms with Gasteiger partial charge in [0.05, 0.1) is 11.7 Å². The highest BCUT2D eigenvalue weighted by Gasteiger charge is 2.24. The lowest BCUT2D eigenvalue weighted by Crippen LogP contribution is -2.40. The topological polar surface area (TPSA) is 66.6 Å². The molecule has 3 N–H and O–H groups in total. The molecular weight excluding hydrogens is 223 g/mol. The van der Waals surface area contributed by atoms with E-state index in [0.29, 0.717) is 31.6 Å². The van der Waals surface area contributed by atoms with Crippen LogP contribution in [0.5, 0.6) is 0 Å². The Bertz CT molecular complexity index is 429. The fraction of sp³-hybridized carbons (Fsp3) is 0.417. The summed E-state index contributed by atoms with van der Waals surface area (Å²) in [7, 11) is 0. The molecule has 0 spiro atoms.